The van der Waals surface area contributed by atoms with E-state index in [-0.39, 0.29) is 18.4 Å². The Morgan fingerprint density at radius 3 is 2.70 bits per heavy atom. The molecule has 0 N–H and O–H groups in total. The predicted molar refractivity (Wildman–Crippen MR) is 100 cm³/mol. The quantitative estimate of drug-likeness (QED) is 0.546. The molecule has 136 valence electrons. The molecule has 4 aromatic rings. The number of hydrogen-bond acceptors (Lipinski definition) is 5. The predicted octanol–water partition coefficient (Wildman–Crippen LogP) is 3.17. The first-order chi connectivity index (χ1) is 13.1. The summed E-state index contributed by atoms with van der Waals surface area (Å²) in [7, 11) is 1.81. The zero-order valence-corrected chi connectivity index (χ0v) is 15.1. The standard InChI is InChI=1S/C20H19N5O2/c1-14(15-7-9-16(10-8-15)25-13-21-12-22-25)24(2)20(26)11-18-17-5-3-4-6-19(17)27-23-18/h3-10,12-14H,11H2,1-2H3/t14-/m1/s1. The number of likely N-dealkylation sites (N-methyl/N-ethyl adjacent to an activating group) is 1. The van der Waals surface area contributed by atoms with E-state index in [0.717, 1.165) is 16.6 Å². The van der Waals surface area contributed by atoms with Crippen molar-refractivity contribution in [1.82, 2.24) is 24.8 Å². The summed E-state index contributed by atoms with van der Waals surface area (Å²) >= 11 is 0. The number of para-hydroxylation sites is 1. The molecule has 7 nitrogen and oxygen atoms in total. The van der Waals surface area contributed by atoms with E-state index in [2.05, 4.69) is 15.2 Å². The van der Waals surface area contributed by atoms with Gasteiger partial charge in [-0.05, 0) is 36.8 Å². The van der Waals surface area contributed by atoms with Crippen LogP contribution in [0.15, 0.2) is 65.7 Å². The molecule has 0 saturated heterocycles. The van der Waals surface area contributed by atoms with Crippen LogP contribution in [0, 0.1) is 0 Å². The molecule has 4 rings (SSSR count). The number of aromatic nitrogens is 4. The molecule has 2 aromatic heterocycles. The van der Waals surface area contributed by atoms with E-state index in [9.17, 15) is 4.79 Å². The minimum atomic E-state index is -0.0690. The van der Waals surface area contributed by atoms with Gasteiger partial charge >= 0.3 is 0 Å². The third-order valence-electron chi connectivity index (χ3n) is 4.80. The lowest BCUT2D eigenvalue weighted by atomic mass is 10.1. The number of nitrogens with zero attached hydrogens (tertiary/aromatic N) is 5. The molecule has 0 unspecified atom stereocenters. The lowest BCUT2D eigenvalue weighted by Gasteiger charge is -2.25. The van der Waals surface area contributed by atoms with Gasteiger partial charge in [-0.25, -0.2) is 9.67 Å². The maximum Gasteiger partial charge on any atom is 0.228 e. The molecule has 27 heavy (non-hydrogen) atoms. The fourth-order valence-corrected chi connectivity index (χ4v) is 3.02. The Balaban J connectivity index is 1.48. The van der Waals surface area contributed by atoms with E-state index >= 15 is 0 Å². The zero-order chi connectivity index (χ0) is 18.8. The van der Waals surface area contributed by atoms with Gasteiger partial charge in [0.1, 0.15) is 18.3 Å². The van der Waals surface area contributed by atoms with Gasteiger partial charge in [0.2, 0.25) is 5.91 Å². The van der Waals surface area contributed by atoms with Crippen molar-refractivity contribution >= 4 is 16.9 Å². The van der Waals surface area contributed by atoms with Crippen LogP contribution < -0.4 is 0 Å². The van der Waals surface area contributed by atoms with Crippen LogP contribution in [0.25, 0.3) is 16.7 Å². The number of rotatable bonds is 5. The van der Waals surface area contributed by atoms with Gasteiger partial charge in [-0.15, -0.1) is 0 Å². The van der Waals surface area contributed by atoms with Crippen molar-refractivity contribution in [2.24, 2.45) is 0 Å². The first-order valence-electron chi connectivity index (χ1n) is 8.67. The summed E-state index contributed by atoms with van der Waals surface area (Å²) in [6.07, 6.45) is 3.35. The Labute approximate surface area is 156 Å². The zero-order valence-electron chi connectivity index (χ0n) is 15.1. The number of fused-ring (bicyclic) bond motifs is 1. The molecule has 0 radical (unpaired) electrons. The normalized spacial score (nSPS) is 12.2. The summed E-state index contributed by atoms with van der Waals surface area (Å²) in [5.74, 6) is -0.0121. The average molecular weight is 361 g/mol. The van der Waals surface area contributed by atoms with Gasteiger partial charge in [-0.3, -0.25) is 4.79 Å². The fourth-order valence-electron chi connectivity index (χ4n) is 3.02. The summed E-state index contributed by atoms with van der Waals surface area (Å²) in [6, 6.07) is 15.4. The summed E-state index contributed by atoms with van der Waals surface area (Å²) in [6.45, 7) is 2.00. The van der Waals surface area contributed by atoms with Crippen LogP contribution in [0.4, 0.5) is 0 Å². The van der Waals surface area contributed by atoms with Crippen LogP contribution in [0.2, 0.25) is 0 Å². The summed E-state index contributed by atoms with van der Waals surface area (Å²) in [4.78, 5) is 18.4. The van der Waals surface area contributed by atoms with Gasteiger partial charge in [-0.1, -0.05) is 29.4 Å². The van der Waals surface area contributed by atoms with Crippen LogP contribution in [-0.4, -0.2) is 37.8 Å². The molecule has 1 amide bonds. The van der Waals surface area contributed by atoms with E-state index in [0.29, 0.717) is 11.3 Å². The average Bonchev–Trinajstić information content (AvgIpc) is 3.38. The van der Waals surface area contributed by atoms with Crippen molar-refractivity contribution in [1.29, 1.82) is 0 Å². The number of carbonyl (C=O) groups excluding carboxylic acids is 1. The molecule has 7 heteroatoms. The number of benzene rings is 2. The Morgan fingerprint density at radius 1 is 1.19 bits per heavy atom. The molecule has 0 spiro atoms. The van der Waals surface area contributed by atoms with Gasteiger partial charge in [0.05, 0.1) is 18.2 Å². The van der Waals surface area contributed by atoms with Crippen molar-refractivity contribution in [3.8, 4) is 5.69 Å². The minimum Gasteiger partial charge on any atom is -0.356 e. The first-order valence-corrected chi connectivity index (χ1v) is 8.67. The molecular formula is C20H19N5O2. The van der Waals surface area contributed by atoms with E-state index in [1.807, 2.05) is 55.5 Å². The van der Waals surface area contributed by atoms with Crippen LogP contribution in [0.1, 0.15) is 24.2 Å². The molecule has 0 bridgehead atoms. The van der Waals surface area contributed by atoms with Gasteiger partial charge < -0.3 is 9.42 Å². The highest BCUT2D eigenvalue weighted by Crippen LogP contribution is 2.23. The van der Waals surface area contributed by atoms with Gasteiger partial charge in [-0.2, -0.15) is 5.10 Å². The molecule has 2 aromatic carbocycles. The maximum atomic E-state index is 12.7. The lowest BCUT2D eigenvalue weighted by molar-refractivity contribution is -0.131. The highest BCUT2D eigenvalue weighted by Gasteiger charge is 2.20. The van der Waals surface area contributed by atoms with Crippen molar-refractivity contribution in [3.05, 3.63) is 72.4 Å². The molecule has 2 heterocycles. The smallest absolute Gasteiger partial charge is 0.228 e. The molecule has 0 aliphatic heterocycles. The maximum absolute atomic E-state index is 12.7. The van der Waals surface area contributed by atoms with Crippen LogP contribution in [0.5, 0.6) is 0 Å². The SMILES string of the molecule is C[C@H](c1ccc(-n2cncn2)cc1)N(C)C(=O)Cc1noc2ccccc12. The highest BCUT2D eigenvalue weighted by atomic mass is 16.5. The van der Waals surface area contributed by atoms with Crippen LogP contribution in [0.3, 0.4) is 0 Å². The van der Waals surface area contributed by atoms with Crippen molar-refractivity contribution in [2.75, 3.05) is 7.05 Å². The second-order valence-corrected chi connectivity index (χ2v) is 6.41. The molecule has 0 fully saturated rings. The van der Waals surface area contributed by atoms with Crippen molar-refractivity contribution < 1.29 is 9.32 Å². The van der Waals surface area contributed by atoms with E-state index in [1.165, 1.54) is 6.33 Å². The molecule has 1 atom stereocenters. The third-order valence-corrected chi connectivity index (χ3v) is 4.80. The van der Waals surface area contributed by atoms with Gasteiger partial charge in [0.15, 0.2) is 5.58 Å². The molecule has 0 saturated carbocycles. The van der Waals surface area contributed by atoms with Crippen LogP contribution in [-0.2, 0) is 11.2 Å². The fraction of sp³-hybridized carbons (Fsp3) is 0.200. The summed E-state index contributed by atoms with van der Waals surface area (Å²) in [5.41, 5.74) is 3.32. The Bertz CT molecular complexity index is 1050. The molecular weight excluding hydrogens is 342 g/mol. The highest BCUT2D eigenvalue weighted by molar-refractivity contribution is 5.86. The van der Waals surface area contributed by atoms with Gasteiger partial charge in [0, 0.05) is 12.4 Å². The van der Waals surface area contributed by atoms with Crippen molar-refractivity contribution in [2.45, 2.75) is 19.4 Å². The third kappa shape index (κ3) is 3.31. The van der Waals surface area contributed by atoms with Crippen LogP contribution >= 0.6 is 0 Å². The van der Waals surface area contributed by atoms with Crippen molar-refractivity contribution in [3.63, 3.8) is 0 Å². The Morgan fingerprint density at radius 2 is 1.96 bits per heavy atom. The second kappa shape index (κ2) is 7.03. The molecule has 0 aliphatic rings. The number of carbonyl (C=O) groups is 1. The van der Waals surface area contributed by atoms with E-state index < -0.39 is 0 Å². The largest absolute Gasteiger partial charge is 0.356 e. The monoisotopic (exact) mass is 361 g/mol. The molecule has 0 aliphatic carbocycles. The van der Waals surface area contributed by atoms with Gasteiger partial charge in [0.25, 0.3) is 0 Å². The number of hydrogen-bond donors (Lipinski definition) is 0. The minimum absolute atomic E-state index is 0.0121. The Kier molecular flexibility index (Phi) is 4.42. The second-order valence-electron chi connectivity index (χ2n) is 6.41. The number of amides is 1. The van der Waals surface area contributed by atoms with E-state index in [4.69, 9.17) is 4.52 Å². The van der Waals surface area contributed by atoms with E-state index in [1.54, 1.807) is 23.0 Å². The Hall–Kier alpha value is -3.48. The first kappa shape index (κ1) is 17.0. The topological polar surface area (TPSA) is 77.1 Å². The summed E-state index contributed by atoms with van der Waals surface area (Å²) < 4.78 is 6.98. The lowest BCUT2D eigenvalue weighted by Crippen LogP contribution is -2.31. The summed E-state index contributed by atoms with van der Waals surface area (Å²) in [5, 5.41) is 9.05.